The first kappa shape index (κ1) is 36.7. The molecule has 0 aromatic heterocycles. The molecule has 1 heterocycles. The van der Waals surface area contributed by atoms with Crippen molar-refractivity contribution in [2.24, 2.45) is 10.1 Å². The van der Waals surface area contributed by atoms with Crippen molar-refractivity contribution in [1.29, 1.82) is 0 Å². The smallest absolute Gasteiger partial charge is 0.266 e. The number of carbonyl (C=O) groups is 1. The van der Waals surface area contributed by atoms with Crippen molar-refractivity contribution < 1.29 is 27.8 Å². The Kier molecular flexibility index (Phi) is 12.4. The number of carbonyl (C=O) groups excluding carboxylic acids is 1. The fourth-order valence-electron chi connectivity index (χ4n) is 5.41. The van der Waals surface area contributed by atoms with E-state index in [9.17, 15) is 13.2 Å². The van der Waals surface area contributed by atoms with Crippen LogP contribution in [0.15, 0.2) is 112 Å². The SMILES string of the molecule is [N-]=[N+]=NCc1ccccc1[C@@H]1OC(c2ccc(OCCCO)cc2)=N[C@]1(CCS(=O)(=O)c1ccccc1)C(=O)NNCc1ccc(Cl)c(Cl)c1. The van der Waals surface area contributed by atoms with E-state index in [-0.39, 0.29) is 36.9 Å². The van der Waals surface area contributed by atoms with E-state index in [1.807, 2.05) is 0 Å². The van der Waals surface area contributed by atoms with Crippen LogP contribution in [0.2, 0.25) is 10.0 Å². The molecule has 4 aromatic carbocycles. The molecule has 15 heteroatoms. The Morgan fingerprint density at radius 3 is 2.48 bits per heavy atom. The van der Waals surface area contributed by atoms with Gasteiger partial charge in [-0.2, -0.15) is 0 Å². The van der Waals surface area contributed by atoms with E-state index >= 15 is 0 Å². The van der Waals surface area contributed by atoms with Crippen molar-refractivity contribution >= 4 is 44.8 Å². The van der Waals surface area contributed by atoms with E-state index in [4.69, 9.17) is 48.3 Å². The van der Waals surface area contributed by atoms with E-state index in [0.29, 0.717) is 45.5 Å². The van der Waals surface area contributed by atoms with E-state index in [1.165, 1.54) is 12.1 Å². The third-order valence-electron chi connectivity index (χ3n) is 8.00. The molecule has 0 spiro atoms. The van der Waals surface area contributed by atoms with E-state index in [1.54, 1.807) is 84.9 Å². The highest BCUT2D eigenvalue weighted by molar-refractivity contribution is 7.91. The van der Waals surface area contributed by atoms with Crippen molar-refractivity contribution in [2.45, 2.75) is 42.5 Å². The molecule has 0 fully saturated rings. The number of nitrogens with zero attached hydrogens (tertiary/aromatic N) is 4. The lowest BCUT2D eigenvalue weighted by atomic mass is 9.83. The summed E-state index contributed by atoms with van der Waals surface area (Å²) in [7, 11) is -3.87. The molecule has 2 atom stereocenters. The van der Waals surface area contributed by atoms with Crippen molar-refractivity contribution in [2.75, 3.05) is 19.0 Å². The molecule has 5 rings (SSSR count). The molecular formula is C35H34Cl2N6O6S. The van der Waals surface area contributed by atoms with Crippen LogP contribution in [0.3, 0.4) is 0 Å². The minimum absolute atomic E-state index is 0.00227. The highest BCUT2D eigenvalue weighted by atomic mass is 35.5. The quantitative estimate of drug-likeness (QED) is 0.0386. The highest BCUT2D eigenvalue weighted by Crippen LogP contribution is 2.44. The lowest BCUT2D eigenvalue weighted by Crippen LogP contribution is -2.53. The number of aliphatic hydroxyl groups is 1. The average Bonchev–Trinajstić information content (AvgIpc) is 3.53. The first-order valence-electron chi connectivity index (χ1n) is 15.6. The number of hydrazine groups is 1. The van der Waals surface area contributed by atoms with Crippen molar-refractivity contribution in [3.8, 4) is 5.75 Å². The maximum absolute atomic E-state index is 14.5. The fourth-order valence-corrected chi connectivity index (χ4v) is 7.12. The first-order chi connectivity index (χ1) is 24.2. The van der Waals surface area contributed by atoms with Crippen LogP contribution in [0.4, 0.5) is 0 Å². The second-order valence-electron chi connectivity index (χ2n) is 11.3. The number of sulfone groups is 1. The molecule has 1 aliphatic heterocycles. The lowest BCUT2D eigenvalue weighted by Gasteiger charge is -2.31. The van der Waals surface area contributed by atoms with Gasteiger partial charge in [-0.25, -0.2) is 18.8 Å². The molecule has 50 heavy (non-hydrogen) atoms. The van der Waals surface area contributed by atoms with Crippen LogP contribution in [-0.2, 0) is 32.5 Å². The number of aliphatic hydroxyl groups excluding tert-OH is 1. The average molecular weight is 738 g/mol. The Labute approximate surface area is 299 Å². The van der Waals surface area contributed by atoms with E-state index < -0.39 is 33.1 Å². The predicted octanol–water partition coefficient (Wildman–Crippen LogP) is 6.51. The summed E-state index contributed by atoms with van der Waals surface area (Å²) in [5.74, 6) is -0.429. The highest BCUT2D eigenvalue weighted by Gasteiger charge is 2.54. The summed E-state index contributed by atoms with van der Waals surface area (Å²) in [6.07, 6.45) is -0.922. The third kappa shape index (κ3) is 8.75. The van der Waals surface area contributed by atoms with Crippen LogP contribution in [0.5, 0.6) is 5.75 Å². The summed E-state index contributed by atoms with van der Waals surface area (Å²) in [4.78, 5) is 22.4. The number of hydrogen-bond acceptors (Lipinski definition) is 9. The molecule has 0 bridgehead atoms. The van der Waals surface area contributed by atoms with Crippen molar-refractivity contribution in [3.05, 3.63) is 140 Å². The minimum atomic E-state index is -3.87. The Balaban J connectivity index is 1.56. The van der Waals surface area contributed by atoms with Crippen molar-refractivity contribution in [1.82, 2.24) is 10.9 Å². The number of halogens is 2. The van der Waals surface area contributed by atoms with Crippen LogP contribution < -0.4 is 15.6 Å². The zero-order valence-electron chi connectivity index (χ0n) is 26.7. The Morgan fingerprint density at radius 1 is 1.02 bits per heavy atom. The monoisotopic (exact) mass is 736 g/mol. The standard InChI is InChI=1S/C35H34Cl2N6O6S/c36-30-16-11-24(21-31(30)37)22-39-42-34(45)35(17-20-50(46,47)28-8-2-1-3-9-28)32(29-10-5-4-7-26(29)23-40-43-38)49-33(41-35)25-12-14-27(15-13-25)48-19-6-18-44/h1-5,7-16,21,32,39,44H,6,17-20,22-23H2,(H,42,45)/t32-,35-/m0/s1. The molecule has 0 unspecified atom stereocenters. The summed E-state index contributed by atoms with van der Waals surface area (Å²) in [6.45, 7) is 0.440. The molecule has 1 aliphatic rings. The van der Waals surface area contributed by atoms with Gasteiger partial charge in [-0.3, -0.25) is 10.2 Å². The molecule has 4 aromatic rings. The predicted molar refractivity (Wildman–Crippen MR) is 191 cm³/mol. The second-order valence-corrected chi connectivity index (χ2v) is 14.2. The van der Waals surface area contributed by atoms with Crippen LogP contribution in [0.1, 0.15) is 41.2 Å². The van der Waals surface area contributed by atoms with Crippen LogP contribution >= 0.6 is 23.2 Å². The summed E-state index contributed by atoms with van der Waals surface area (Å²) < 4.78 is 39.4. The molecule has 0 saturated carbocycles. The molecule has 260 valence electrons. The topological polar surface area (TPSA) is 175 Å². The Morgan fingerprint density at radius 2 is 1.76 bits per heavy atom. The van der Waals surface area contributed by atoms with Crippen LogP contribution in [-0.4, -0.2) is 49.8 Å². The van der Waals surface area contributed by atoms with Gasteiger partial charge in [0.15, 0.2) is 21.5 Å². The maximum atomic E-state index is 14.5. The number of amides is 1. The lowest BCUT2D eigenvalue weighted by molar-refractivity contribution is -0.130. The zero-order valence-corrected chi connectivity index (χ0v) is 29.0. The number of hydrogen-bond donors (Lipinski definition) is 3. The van der Waals surface area contributed by atoms with Gasteiger partial charge in [0, 0.05) is 36.5 Å². The van der Waals surface area contributed by atoms with E-state index in [0.717, 1.165) is 5.56 Å². The summed E-state index contributed by atoms with van der Waals surface area (Å²) in [6, 6.07) is 26.9. The number of ether oxygens (including phenoxy) is 2. The molecule has 0 aliphatic carbocycles. The van der Waals surface area contributed by atoms with Gasteiger partial charge in [0.05, 0.1) is 33.8 Å². The van der Waals surface area contributed by atoms with Gasteiger partial charge in [-0.15, -0.1) is 0 Å². The van der Waals surface area contributed by atoms with Crippen LogP contribution in [0, 0.1) is 0 Å². The molecular weight excluding hydrogens is 703 g/mol. The fraction of sp³-hybridized carbons (Fsp3) is 0.257. The largest absolute Gasteiger partial charge is 0.494 e. The molecule has 0 radical (unpaired) electrons. The van der Waals surface area contributed by atoms with Gasteiger partial charge in [0.25, 0.3) is 5.91 Å². The Hall–Kier alpha value is -4.62. The molecule has 0 saturated heterocycles. The number of benzene rings is 4. The minimum Gasteiger partial charge on any atom is -0.494 e. The number of nitrogens with one attached hydrogen (secondary N) is 2. The molecule has 1 amide bonds. The number of rotatable bonds is 16. The van der Waals surface area contributed by atoms with E-state index in [2.05, 4.69) is 20.9 Å². The molecule has 12 nitrogen and oxygen atoms in total. The number of azide groups is 1. The van der Waals surface area contributed by atoms with Gasteiger partial charge in [0.2, 0.25) is 5.90 Å². The van der Waals surface area contributed by atoms with Gasteiger partial charge in [-0.1, -0.05) is 76.8 Å². The Bertz CT molecular complexity index is 1990. The molecule has 3 N–H and O–H groups in total. The van der Waals surface area contributed by atoms with Crippen molar-refractivity contribution in [3.63, 3.8) is 0 Å². The van der Waals surface area contributed by atoms with Gasteiger partial charge in [0.1, 0.15) is 5.75 Å². The third-order valence-corrected chi connectivity index (χ3v) is 10.5. The van der Waals surface area contributed by atoms with Gasteiger partial charge >= 0.3 is 0 Å². The second kappa shape index (κ2) is 16.9. The normalized spacial score (nSPS) is 16.9. The van der Waals surface area contributed by atoms with Crippen LogP contribution in [0.25, 0.3) is 10.4 Å². The maximum Gasteiger partial charge on any atom is 0.266 e. The first-order valence-corrected chi connectivity index (χ1v) is 18.0. The zero-order chi connectivity index (χ0) is 35.6. The van der Waals surface area contributed by atoms with Gasteiger partial charge < -0.3 is 14.6 Å². The number of aliphatic imine (C=N–C) groups is 1. The summed E-state index contributed by atoms with van der Waals surface area (Å²) in [5, 5.41) is 13.5. The van der Waals surface area contributed by atoms with Gasteiger partial charge in [-0.05, 0) is 70.8 Å². The summed E-state index contributed by atoms with van der Waals surface area (Å²) in [5.41, 5.74) is 15.2. The summed E-state index contributed by atoms with van der Waals surface area (Å²) >= 11 is 12.2.